The summed E-state index contributed by atoms with van der Waals surface area (Å²) in [6.45, 7) is 5.18. The molecule has 2 aromatic carbocycles. The van der Waals surface area contributed by atoms with Gasteiger partial charge in [-0.05, 0) is 37.2 Å². The Labute approximate surface area is 187 Å². The van der Waals surface area contributed by atoms with Crippen molar-refractivity contribution >= 4 is 17.5 Å². The number of ether oxygens (including phenoxy) is 1. The van der Waals surface area contributed by atoms with E-state index in [2.05, 4.69) is 10.2 Å². The summed E-state index contributed by atoms with van der Waals surface area (Å²) in [5, 5.41) is 8.49. The molecular weight excluding hydrogens is 412 g/mol. The number of nitrogens with zero attached hydrogens (tertiary/aromatic N) is 3. The van der Waals surface area contributed by atoms with Crippen LogP contribution in [0.2, 0.25) is 5.02 Å². The minimum atomic E-state index is 0.00445. The molecule has 7 heteroatoms. The molecule has 0 aliphatic carbocycles. The van der Waals surface area contributed by atoms with Gasteiger partial charge < -0.3 is 10.1 Å². The van der Waals surface area contributed by atoms with Crippen LogP contribution in [0.25, 0.3) is 16.9 Å². The molecule has 0 atom stereocenters. The first-order chi connectivity index (χ1) is 15.2. The first-order valence-corrected chi connectivity index (χ1v) is 11.0. The average molecular weight is 439 g/mol. The summed E-state index contributed by atoms with van der Waals surface area (Å²) >= 11 is 6.05. The fraction of sp³-hybridized carbons (Fsp3) is 0.333. The van der Waals surface area contributed by atoms with Gasteiger partial charge in [0.2, 0.25) is 5.91 Å². The van der Waals surface area contributed by atoms with Crippen LogP contribution in [0.5, 0.6) is 0 Å². The number of carbonyl (C=O) groups excluding carboxylic acids is 1. The first kappa shape index (κ1) is 21.6. The van der Waals surface area contributed by atoms with Crippen molar-refractivity contribution in [3.8, 4) is 16.9 Å². The Kier molecular flexibility index (Phi) is 7.35. The Hall–Kier alpha value is -2.67. The Balaban J connectivity index is 1.42. The van der Waals surface area contributed by atoms with Crippen molar-refractivity contribution in [3.63, 3.8) is 0 Å². The summed E-state index contributed by atoms with van der Waals surface area (Å²) in [5.74, 6) is 0.00445. The van der Waals surface area contributed by atoms with E-state index >= 15 is 0 Å². The van der Waals surface area contributed by atoms with E-state index in [9.17, 15) is 4.79 Å². The number of para-hydroxylation sites is 1. The predicted octanol–water partition coefficient (Wildman–Crippen LogP) is 3.57. The molecule has 1 aliphatic heterocycles. The number of aromatic nitrogens is 2. The molecule has 1 aliphatic rings. The van der Waals surface area contributed by atoms with Crippen LogP contribution < -0.4 is 5.32 Å². The van der Waals surface area contributed by atoms with Crippen molar-refractivity contribution in [2.45, 2.75) is 12.8 Å². The number of benzene rings is 2. The number of morpholine rings is 1. The summed E-state index contributed by atoms with van der Waals surface area (Å²) in [7, 11) is 0. The molecule has 1 fully saturated rings. The van der Waals surface area contributed by atoms with Crippen molar-refractivity contribution in [1.29, 1.82) is 0 Å². The van der Waals surface area contributed by atoms with Crippen LogP contribution in [0.15, 0.2) is 60.8 Å². The zero-order valence-corrected chi connectivity index (χ0v) is 18.2. The monoisotopic (exact) mass is 438 g/mol. The number of amides is 1. The van der Waals surface area contributed by atoms with Gasteiger partial charge in [0.05, 0.1) is 31.0 Å². The van der Waals surface area contributed by atoms with Crippen LogP contribution in [0.1, 0.15) is 12.0 Å². The largest absolute Gasteiger partial charge is 0.379 e. The van der Waals surface area contributed by atoms with E-state index < -0.39 is 0 Å². The first-order valence-electron chi connectivity index (χ1n) is 10.7. The normalized spacial score (nSPS) is 14.5. The number of hydrogen-bond acceptors (Lipinski definition) is 4. The Bertz CT molecular complexity index is 983. The molecule has 1 saturated heterocycles. The van der Waals surface area contributed by atoms with Gasteiger partial charge in [0, 0.05) is 42.0 Å². The maximum Gasteiger partial charge on any atom is 0.224 e. The Morgan fingerprint density at radius 1 is 1.06 bits per heavy atom. The summed E-state index contributed by atoms with van der Waals surface area (Å²) in [6, 6.07) is 17.5. The smallest absolute Gasteiger partial charge is 0.224 e. The lowest BCUT2D eigenvalue weighted by molar-refractivity contribution is -0.120. The van der Waals surface area contributed by atoms with Gasteiger partial charge in [-0.1, -0.05) is 41.9 Å². The Morgan fingerprint density at radius 3 is 2.55 bits per heavy atom. The summed E-state index contributed by atoms with van der Waals surface area (Å²) < 4.78 is 7.20. The molecule has 6 nitrogen and oxygen atoms in total. The fourth-order valence-electron chi connectivity index (χ4n) is 3.69. The maximum atomic E-state index is 12.6. The Morgan fingerprint density at radius 2 is 1.81 bits per heavy atom. The molecule has 0 saturated carbocycles. The highest BCUT2D eigenvalue weighted by Crippen LogP contribution is 2.25. The third kappa shape index (κ3) is 5.94. The fourth-order valence-corrected chi connectivity index (χ4v) is 3.82. The van der Waals surface area contributed by atoms with Gasteiger partial charge in [-0.25, -0.2) is 4.68 Å². The summed E-state index contributed by atoms with van der Waals surface area (Å²) in [6.07, 6.45) is 3.15. The molecule has 0 unspecified atom stereocenters. The molecule has 3 aromatic rings. The van der Waals surface area contributed by atoms with Gasteiger partial charge in [-0.2, -0.15) is 5.10 Å². The molecule has 0 spiro atoms. The number of carbonyl (C=O) groups is 1. The lowest BCUT2D eigenvalue weighted by atomic mass is 10.1. The van der Waals surface area contributed by atoms with Crippen LogP contribution in [-0.4, -0.2) is 60.0 Å². The quantitative estimate of drug-likeness (QED) is 0.546. The lowest BCUT2D eigenvalue weighted by Crippen LogP contribution is -2.38. The molecule has 1 amide bonds. The highest BCUT2D eigenvalue weighted by molar-refractivity contribution is 6.30. The van der Waals surface area contributed by atoms with Gasteiger partial charge in [-0.3, -0.25) is 9.69 Å². The van der Waals surface area contributed by atoms with Crippen LogP contribution in [0, 0.1) is 0 Å². The molecule has 4 rings (SSSR count). The van der Waals surface area contributed by atoms with E-state index in [1.807, 2.05) is 65.5 Å². The van der Waals surface area contributed by atoms with E-state index in [0.29, 0.717) is 11.6 Å². The second kappa shape index (κ2) is 10.6. The lowest BCUT2D eigenvalue weighted by Gasteiger charge is -2.26. The van der Waals surface area contributed by atoms with Crippen LogP contribution in [0.3, 0.4) is 0 Å². The zero-order valence-electron chi connectivity index (χ0n) is 17.5. The van der Waals surface area contributed by atoms with E-state index in [1.54, 1.807) is 0 Å². The SMILES string of the molecule is O=C(Cc1cn(-c2ccccc2)nc1-c1ccc(Cl)cc1)NCCCN1CCOCC1. The van der Waals surface area contributed by atoms with Crippen LogP contribution >= 0.6 is 11.6 Å². The number of nitrogens with one attached hydrogen (secondary N) is 1. The summed E-state index contributed by atoms with van der Waals surface area (Å²) in [5.41, 5.74) is 3.57. The standard InChI is InChI=1S/C24H27ClN4O2/c25-21-9-7-19(8-10-21)24-20(18-29(27-24)22-5-2-1-3-6-22)17-23(30)26-11-4-12-28-13-15-31-16-14-28/h1-3,5-10,18H,4,11-17H2,(H,26,30). The van der Waals surface area contributed by atoms with Crippen molar-refractivity contribution in [2.75, 3.05) is 39.4 Å². The van der Waals surface area contributed by atoms with Crippen molar-refractivity contribution in [2.24, 2.45) is 0 Å². The van der Waals surface area contributed by atoms with E-state index in [0.717, 1.165) is 61.8 Å². The third-order valence-corrected chi connectivity index (χ3v) is 5.61. The van der Waals surface area contributed by atoms with E-state index in [-0.39, 0.29) is 12.3 Å². The number of rotatable bonds is 8. The van der Waals surface area contributed by atoms with Gasteiger partial charge in [0.25, 0.3) is 0 Å². The second-order valence-electron chi connectivity index (χ2n) is 7.62. The molecule has 0 radical (unpaired) electrons. The van der Waals surface area contributed by atoms with Crippen molar-refractivity contribution in [3.05, 3.63) is 71.4 Å². The number of hydrogen-bond donors (Lipinski definition) is 1. The average Bonchev–Trinajstić information content (AvgIpc) is 3.22. The molecular formula is C24H27ClN4O2. The van der Waals surface area contributed by atoms with Crippen molar-refractivity contribution < 1.29 is 9.53 Å². The van der Waals surface area contributed by atoms with Gasteiger partial charge >= 0.3 is 0 Å². The van der Waals surface area contributed by atoms with Crippen molar-refractivity contribution in [1.82, 2.24) is 20.0 Å². The molecule has 0 bridgehead atoms. The van der Waals surface area contributed by atoms with Gasteiger partial charge in [0.15, 0.2) is 0 Å². The third-order valence-electron chi connectivity index (χ3n) is 5.36. The minimum Gasteiger partial charge on any atom is -0.379 e. The van der Waals surface area contributed by atoms with Crippen LogP contribution in [-0.2, 0) is 16.0 Å². The topological polar surface area (TPSA) is 59.4 Å². The number of halogens is 1. The van der Waals surface area contributed by atoms with Gasteiger partial charge in [0.1, 0.15) is 0 Å². The highest BCUT2D eigenvalue weighted by Gasteiger charge is 2.16. The minimum absolute atomic E-state index is 0.00445. The molecule has 1 aromatic heterocycles. The molecule has 1 N–H and O–H groups in total. The molecule has 31 heavy (non-hydrogen) atoms. The molecule has 2 heterocycles. The van der Waals surface area contributed by atoms with Gasteiger partial charge in [-0.15, -0.1) is 0 Å². The van der Waals surface area contributed by atoms with E-state index in [1.165, 1.54) is 0 Å². The molecule has 162 valence electrons. The predicted molar refractivity (Wildman–Crippen MR) is 123 cm³/mol. The highest BCUT2D eigenvalue weighted by atomic mass is 35.5. The summed E-state index contributed by atoms with van der Waals surface area (Å²) in [4.78, 5) is 15.0. The van der Waals surface area contributed by atoms with E-state index in [4.69, 9.17) is 21.4 Å². The zero-order chi connectivity index (χ0) is 21.5. The van der Waals surface area contributed by atoms with Crippen LogP contribution in [0.4, 0.5) is 0 Å². The maximum absolute atomic E-state index is 12.6. The second-order valence-corrected chi connectivity index (χ2v) is 8.06.